The predicted octanol–water partition coefficient (Wildman–Crippen LogP) is 2.54. The Morgan fingerprint density at radius 3 is 2.83 bits per heavy atom. The molecule has 126 valence electrons. The first kappa shape index (κ1) is 16.6. The van der Waals surface area contributed by atoms with Crippen LogP contribution in [-0.4, -0.2) is 25.7 Å². The van der Waals surface area contributed by atoms with E-state index in [-0.39, 0.29) is 0 Å². The number of rotatable bonds is 6. The molecule has 3 N–H and O–H groups in total. The van der Waals surface area contributed by atoms with Gasteiger partial charge >= 0.3 is 0 Å². The number of benzene rings is 2. The number of ether oxygens (including phenoxy) is 2. The second kappa shape index (κ2) is 7.55. The van der Waals surface area contributed by atoms with Crippen molar-refractivity contribution in [3.05, 3.63) is 58.1 Å². The smallest absolute Gasteiger partial charge is 0.248 e. The van der Waals surface area contributed by atoms with Gasteiger partial charge in [-0.15, -0.1) is 0 Å². The molecule has 24 heavy (non-hydrogen) atoms. The molecule has 0 saturated heterocycles. The fourth-order valence-corrected chi connectivity index (χ4v) is 2.90. The molecule has 0 fully saturated rings. The van der Waals surface area contributed by atoms with Gasteiger partial charge in [0.2, 0.25) is 5.91 Å². The maximum absolute atomic E-state index is 11.2. The molecular weight excluding hydrogens is 328 g/mol. The summed E-state index contributed by atoms with van der Waals surface area (Å²) >= 11 is 6.23. The lowest BCUT2D eigenvalue weighted by Crippen LogP contribution is -2.18. The van der Waals surface area contributed by atoms with Gasteiger partial charge in [-0.05, 0) is 48.4 Å². The second-order valence-corrected chi connectivity index (χ2v) is 6.00. The van der Waals surface area contributed by atoms with Gasteiger partial charge in [-0.2, -0.15) is 0 Å². The largest absolute Gasteiger partial charge is 0.486 e. The summed E-state index contributed by atoms with van der Waals surface area (Å²) in [6.07, 6.45) is 0.811. The van der Waals surface area contributed by atoms with Crippen LogP contribution in [-0.2, 0) is 13.0 Å². The predicted molar refractivity (Wildman–Crippen MR) is 92.8 cm³/mol. The molecule has 1 amide bonds. The van der Waals surface area contributed by atoms with Crippen LogP contribution in [0.3, 0.4) is 0 Å². The Bertz CT molecular complexity index is 749. The van der Waals surface area contributed by atoms with Crippen LogP contribution < -0.4 is 20.5 Å². The Morgan fingerprint density at radius 1 is 1.17 bits per heavy atom. The first-order valence-electron chi connectivity index (χ1n) is 7.81. The normalized spacial score (nSPS) is 12.9. The maximum atomic E-state index is 11.2. The van der Waals surface area contributed by atoms with Crippen molar-refractivity contribution in [1.82, 2.24) is 5.32 Å². The second-order valence-electron chi connectivity index (χ2n) is 5.59. The van der Waals surface area contributed by atoms with Gasteiger partial charge in [0.15, 0.2) is 11.5 Å². The third-order valence-corrected chi connectivity index (χ3v) is 4.07. The summed E-state index contributed by atoms with van der Waals surface area (Å²) < 4.78 is 11.1. The molecule has 0 radical (unpaired) electrons. The van der Waals surface area contributed by atoms with E-state index in [1.54, 1.807) is 12.1 Å². The highest BCUT2D eigenvalue weighted by Crippen LogP contribution is 2.38. The van der Waals surface area contributed by atoms with Crippen molar-refractivity contribution < 1.29 is 14.3 Å². The maximum Gasteiger partial charge on any atom is 0.248 e. The van der Waals surface area contributed by atoms with E-state index < -0.39 is 5.91 Å². The summed E-state index contributed by atoms with van der Waals surface area (Å²) in [5.74, 6) is 0.920. The van der Waals surface area contributed by atoms with Crippen molar-refractivity contribution in [2.45, 2.75) is 13.0 Å². The van der Waals surface area contributed by atoms with Crippen LogP contribution >= 0.6 is 11.6 Å². The SMILES string of the molecule is NC(=O)c1cccc(CNCCc2cc(Cl)c3c(c2)OCCO3)c1. The quantitative estimate of drug-likeness (QED) is 0.788. The van der Waals surface area contributed by atoms with Crippen molar-refractivity contribution in [3.63, 3.8) is 0 Å². The van der Waals surface area contributed by atoms with Crippen molar-refractivity contribution in [1.29, 1.82) is 0 Å². The number of hydrogen-bond donors (Lipinski definition) is 2. The third-order valence-electron chi connectivity index (χ3n) is 3.79. The van der Waals surface area contributed by atoms with Crippen molar-refractivity contribution in [3.8, 4) is 11.5 Å². The number of amides is 1. The molecule has 0 aromatic heterocycles. The van der Waals surface area contributed by atoms with Crippen LogP contribution in [0.15, 0.2) is 36.4 Å². The molecule has 5 nitrogen and oxygen atoms in total. The van der Waals surface area contributed by atoms with Crippen LogP contribution in [0.4, 0.5) is 0 Å². The molecule has 2 aromatic carbocycles. The fraction of sp³-hybridized carbons (Fsp3) is 0.278. The summed E-state index contributed by atoms with van der Waals surface area (Å²) in [5, 5.41) is 3.93. The highest BCUT2D eigenvalue weighted by Gasteiger charge is 2.16. The number of carbonyl (C=O) groups excluding carboxylic acids is 1. The lowest BCUT2D eigenvalue weighted by molar-refractivity contribution is 0.1000. The zero-order valence-corrected chi connectivity index (χ0v) is 13.9. The Morgan fingerprint density at radius 2 is 2.00 bits per heavy atom. The molecule has 0 spiro atoms. The average Bonchev–Trinajstić information content (AvgIpc) is 2.59. The van der Waals surface area contributed by atoms with E-state index in [1.165, 1.54) is 0 Å². The lowest BCUT2D eigenvalue weighted by atomic mass is 10.1. The Labute approximate surface area is 145 Å². The van der Waals surface area contributed by atoms with Crippen molar-refractivity contribution >= 4 is 17.5 Å². The number of primary amides is 1. The third kappa shape index (κ3) is 3.99. The fourth-order valence-electron chi connectivity index (χ4n) is 2.61. The summed E-state index contributed by atoms with van der Waals surface area (Å²) in [5.41, 5.74) is 7.92. The van der Waals surface area contributed by atoms with E-state index in [1.807, 2.05) is 24.3 Å². The van der Waals surface area contributed by atoms with Crippen LogP contribution in [0.2, 0.25) is 5.02 Å². The molecule has 1 aliphatic heterocycles. The Hall–Kier alpha value is -2.24. The van der Waals surface area contributed by atoms with E-state index >= 15 is 0 Å². The topological polar surface area (TPSA) is 73.6 Å². The summed E-state index contributed by atoms with van der Waals surface area (Å²) in [4.78, 5) is 11.2. The van der Waals surface area contributed by atoms with Gasteiger partial charge in [0.1, 0.15) is 13.2 Å². The molecule has 1 aliphatic rings. The number of nitrogens with one attached hydrogen (secondary N) is 1. The van der Waals surface area contributed by atoms with E-state index in [4.69, 9.17) is 26.8 Å². The van der Waals surface area contributed by atoms with E-state index in [0.717, 1.165) is 24.1 Å². The van der Waals surface area contributed by atoms with Gasteiger partial charge in [0.25, 0.3) is 0 Å². The molecule has 0 saturated carbocycles. The molecule has 0 aliphatic carbocycles. The monoisotopic (exact) mass is 346 g/mol. The minimum absolute atomic E-state index is 0.414. The number of nitrogens with two attached hydrogens (primary N) is 1. The number of halogens is 1. The van der Waals surface area contributed by atoms with E-state index in [9.17, 15) is 4.79 Å². The van der Waals surface area contributed by atoms with E-state index in [0.29, 0.717) is 41.8 Å². The van der Waals surface area contributed by atoms with Gasteiger partial charge in [-0.1, -0.05) is 23.7 Å². The summed E-state index contributed by atoms with van der Waals surface area (Å²) in [7, 11) is 0. The van der Waals surface area contributed by atoms with E-state index in [2.05, 4.69) is 5.32 Å². The first-order chi connectivity index (χ1) is 11.6. The van der Waals surface area contributed by atoms with Gasteiger partial charge in [-0.3, -0.25) is 4.79 Å². The highest BCUT2D eigenvalue weighted by atomic mass is 35.5. The standard InChI is InChI=1S/C18H19ClN2O3/c19-15-9-12(10-16-17(15)24-7-6-23-16)4-5-21-11-13-2-1-3-14(8-13)18(20)22/h1-3,8-10,21H,4-7,11H2,(H2,20,22). The lowest BCUT2D eigenvalue weighted by Gasteiger charge is -2.20. The molecular formula is C18H19ClN2O3. The molecule has 0 bridgehead atoms. The van der Waals surface area contributed by atoms with Crippen LogP contribution in [0.1, 0.15) is 21.5 Å². The Kier molecular flexibility index (Phi) is 5.23. The average molecular weight is 347 g/mol. The van der Waals surface area contributed by atoms with Crippen LogP contribution in [0, 0.1) is 0 Å². The minimum atomic E-state index is -0.414. The zero-order valence-electron chi connectivity index (χ0n) is 13.2. The van der Waals surface area contributed by atoms with Gasteiger partial charge in [0.05, 0.1) is 5.02 Å². The molecule has 3 rings (SSSR count). The first-order valence-corrected chi connectivity index (χ1v) is 8.19. The summed E-state index contributed by atoms with van der Waals surface area (Å²) in [6.45, 7) is 2.51. The van der Waals surface area contributed by atoms with Crippen molar-refractivity contribution in [2.24, 2.45) is 5.73 Å². The number of fused-ring (bicyclic) bond motifs is 1. The Balaban J connectivity index is 1.54. The molecule has 1 heterocycles. The zero-order chi connectivity index (χ0) is 16.9. The minimum Gasteiger partial charge on any atom is -0.486 e. The van der Waals surface area contributed by atoms with Crippen molar-refractivity contribution in [2.75, 3.05) is 19.8 Å². The summed E-state index contributed by atoms with van der Waals surface area (Å²) in [6, 6.07) is 11.2. The number of hydrogen-bond acceptors (Lipinski definition) is 4. The molecule has 0 atom stereocenters. The molecule has 0 unspecified atom stereocenters. The molecule has 2 aromatic rings. The van der Waals surface area contributed by atoms with Crippen LogP contribution in [0.5, 0.6) is 11.5 Å². The van der Waals surface area contributed by atoms with Gasteiger partial charge < -0.3 is 20.5 Å². The van der Waals surface area contributed by atoms with Gasteiger partial charge in [-0.25, -0.2) is 0 Å². The molecule has 6 heteroatoms. The van der Waals surface area contributed by atoms with Crippen LogP contribution in [0.25, 0.3) is 0 Å². The van der Waals surface area contributed by atoms with Gasteiger partial charge in [0, 0.05) is 12.1 Å². The highest BCUT2D eigenvalue weighted by molar-refractivity contribution is 6.32. The number of carbonyl (C=O) groups is 1.